The monoisotopic (exact) mass is 278 g/mol. The molecule has 2 rings (SSSR count). The SMILES string of the molecule is Cc1cc(C(=O)NC[C@H]2CCO[C@@H]2C(C)C)cc(=O)[nH]1. The van der Waals surface area contributed by atoms with Crippen molar-refractivity contribution in [1.29, 1.82) is 0 Å². The van der Waals surface area contributed by atoms with E-state index in [0.29, 0.717) is 29.6 Å². The van der Waals surface area contributed by atoms with Crippen LogP contribution in [0.5, 0.6) is 0 Å². The van der Waals surface area contributed by atoms with Crippen LogP contribution in [0.4, 0.5) is 0 Å². The van der Waals surface area contributed by atoms with Crippen LogP contribution in [0.2, 0.25) is 0 Å². The molecule has 0 unspecified atom stereocenters. The molecule has 0 saturated carbocycles. The first-order chi connectivity index (χ1) is 9.47. The predicted octanol–water partition coefficient (Wildman–Crippen LogP) is 1.47. The first-order valence-corrected chi connectivity index (χ1v) is 7.08. The Morgan fingerprint density at radius 2 is 2.25 bits per heavy atom. The highest BCUT2D eigenvalue weighted by molar-refractivity contribution is 5.94. The van der Waals surface area contributed by atoms with E-state index < -0.39 is 0 Å². The van der Waals surface area contributed by atoms with Crippen molar-refractivity contribution in [3.05, 3.63) is 33.7 Å². The molecule has 0 spiro atoms. The van der Waals surface area contributed by atoms with Crippen molar-refractivity contribution >= 4 is 5.91 Å². The van der Waals surface area contributed by atoms with Gasteiger partial charge in [0.1, 0.15) is 0 Å². The summed E-state index contributed by atoms with van der Waals surface area (Å²) in [6.07, 6.45) is 1.17. The Bertz CT molecular complexity index is 536. The summed E-state index contributed by atoms with van der Waals surface area (Å²) in [6, 6.07) is 3.01. The van der Waals surface area contributed by atoms with Gasteiger partial charge in [-0.05, 0) is 25.3 Å². The Labute approximate surface area is 118 Å². The summed E-state index contributed by atoms with van der Waals surface area (Å²) in [5, 5.41) is 2.91. The molecule has 1 aliphatic heterocycles. The third-order valence-electron chi connectivity index (χ3n) is 3.69. The Kier molecular flexibility index (Phi) is 4.60. The van der Waals surface area contributed by atoms with E-state index in [1.54, 1.807) is 13.0 Å². The fraction of sp³-hybridized carbons (Fsp3) is 0.600. The van der Waals surface area contributed by atoms with Crippen LogP contribution in [-0.2, 0) is 4.74 Å². The number of pyridine rings is 1. The molecule has 1 aliphatic rings. The molecular weight excluding hydrogens is 256 g/mol. The van der Waals surface area contributed by atoms with Gasteiger partial charge in [-0.2, -0.15) is 0 Å². The van der Waals surface area contributed by atoms with E-state index in [-0.39, 0.29) is 17.6 Å². The minimum atomic E-state index is -0.251. The number of H-pyrrole nitrogens is 1. The molecule has 1 aromatic rings. The van der Waals surface area contributed by atoms with Gasteiger partial charge in [0.15, 0.2) is 0 Å². The maximum Gasteiger partial charge on any atom is 0.251 e. The smallest absolute Gasteiger partial charge is 0.251 e. The first kappa shape index (κ1) is 14.8. The van der Waals surface area contributed by atoms with E-state index in [1.165, 1.54) is 6.07 Å². The Balaban J connectivity index is 1.96. The van der Waals surface area contributed by atoms with Crippen molar-refractivity contribution in [3.63, 3.8) is 0 Å². The van der Waals surface area contributed by atoms with Gasteiger partial charge < -0.3 is 15.0 Å². The lowest BCUT2D eigenvalue weighted by molar-refractivity contribution is 0.0533. The molecule has 5 nitrogen and oxygen atoms in total. The third-order valence-corrected chi connectivity index (χ3v) is 3.69. The lowest BCUT2D eigenvalue weighted by Crippen LogP contribution is -2.35. The van der Waals surface area contributed by atoms with E-state index in [1.807, 2.05) is 0 Å². The molecule has 1 fully saturated rings. The number of aromatic amines is 1. The topological polar surface area (TPSA) is 71.2 Å². The van der Waals surface area contributed by atoms with Gasteiger partial charge in [0.05, 0.1) is 6.10 Å². The largest absolute Gasteiger partial charge is 0.378 e. The van der Waals surface area contributed by atoms with Gasteiger partial charge >= 0.3 is 0 Å². The highest BCUT2D eigenvalue weighted by Gasteiger charge is 2.30. The van der Waals surface area contributed by atoms with E-state index in [9.17, 15) is 9.59 Å². The molecule has 2 heterocycles. The van der Waals surface area contributed by atoms with Crippen LogP contribution in [0.3, 0.4) is 0 Å². The molecule has 1 aromatic heterocycles. The molecule has 0 aromatic carbocycles. The zero-order valence-corrected chi connectivity index (χ0v) is 12.2. The Morgan fingerprint density at radius 3 is 2.90 bits per heavy atom. The van der Waals surface area contributed by atoms with Crippen molar-refractivity contribution in [2.75, 3.05) is 13.2 Å². The van der Waals surface area contributed by atoms with Gasteiger partial charge in [-0.25, -0.2) is 0 Å². The summed E-state index contributed by atoms with van der Waals surface area (Å²) < 4.78 is 5.70. The predicted molar refractivity (Wildman–Crippen MR) is 76.8 cm³/mol. The number of amides is 1. The fourth-order valence-corrected chi connectivity index (χ4v) is 2.75. The van der Waals surface area contributed by atoms with Gasteiger partial charge in [0.2, 0.25) is 5.56 Å². The summed E-state index contributed by atoms with van der Waals surface area (Å²) in [6.45, 7) is 7.37. The van der Waals surface area contributed by atoms with Crippen LogP contribution >= 0.6 is 0 Å². The molecule has 0 bridgehead atoms. The van der Waals surface area contributed by atoms with Crippen LogP contribution in [0.25, 0.3) is 0 Å². The number of hydrogen-bond acceptors (Lipinski definition) is 3. The molecule has 5 heteroatoms. The lowest BCUT2D eigenvalue weighted by Gasteiger charge is -2.22. The maximum atomic E-state index is 12.1. The molecule has 1 saturated heterocycles. The molecule has 20 heavy (non-hydrogen) atoms. The molecule has 2 atom stereocenters. The van der Waals surface area contributed by atoms with E-state index in [0.717, 1.165) is 13.0 Å². The number of rotatable bonds is 4. The molecule has 110 valence electrons. The highest BCUT2D eigenvalue weighted by Crippen LogP contribution is 2.26. The van der Waals surface area contributed by atoms with Crippen molar-refractivity contribution in [2.45, 2.75) is 33.3 Å². The van der Waals surface area contributed by atoms with Gasteiger partial charge in [0, 0.05) is 36.4 Å². The van der Waals surface area contributed by atoms with Gasteiger partial charge in [0.25, 0.3) is 5.91 Å². The third kappa shape index (κ3) is 3.48. The average molecular weight is 278 g/mol. The van der Waals surface area contributed by atoms with Crippen molar-refractivity contribution in [1.82, 2.24) is 10.3 Å². The number of carbonyl (C=O) groups excluding carboxylic acids is 1. The minimum absolute atomic E-state index is 0.200. The number of ether oxygens (including phenoxy) is 1. The highest BCUT2D eigenvalue weighted by atomic mass is 16.5. The standard InChI is InChI=1S/C15H22N2O3/c1-9(2)14-11(4-5-20-14)8-16-15(19)12-6-10(3)17-13(18)7-12/h6-7,9,11,14H,4-5,8H2,1-3H3,(H,16,19)(H,17,18)/t11-,14-/m1/s1. The van der Waals surface area contributed by atoms with Crippen LogP contribution in [0.15, 0.2) is 16.9 Å². The molecule has 1 amide bonds. The second kappa shape index (κ2) is 6.22. The van der Waals surface area contributed by atoms with Crippen molar-refractivity contribution in [2.24, 2.45) is 11.8 Å². The second-order valence-electron chi connectivity index (χ2n) is 5.75. The van der Waals surface area contributed by atoms with E-state index in [4.69, 9.17) is 4.74 Å². The van der Waals surface area contributed by atoms with Crippen LogP contribution in [-0.4, -0.2) is 30.1 Å². The number of carbonyl (C=O) groups is 1. The summed E-state index contributed by atoms with van der Waals surface area (Å²) in [5.74, 6) is 0.594. The minimum Gasteiger partial charge on any atom is -0.378 e. The van der Waals surface area contributed by atoms with Gasteiger partial charge in [-0.15, -0.1) is 0 Å². The maximum absolute atomic E-state index is 12.1. The summed E-state index contributed by atoms with van der Waals surface area (Å²) in [7, 11) is 0. The van der Waals surface area contributed by atoms with Crippen molar-refractivity contribution in [3.8, 4) is 0 Å². The zero-order chi connectivity index (χ0) is 14.7. The molecule has 2 N–H and O–H groups in total. The van der Waals surface area contributed by atoms with E-state index >= 15 is 0 Å². The molecule has 0 aliphatic carbocycles. The number of aryl methyl sites for hydroxylation is 1. The lowest BCUT2D eigenvalue weighted by atomic mass is 9.93. The average Bonchev–Trinajstić information content (AvgIpc) is 2.83. The quantitative estimate of drug-likeness (QED) is 0.876. The number of hydrogen-bond donors (Lipinski definition) is 2. The number of nitrogens with one attached hydrogen (secondary N) is 2. The number of aromatic nitrogens is 1. The van der Waals surface area contributed by atoms with Crippen LogP contribution in [0.1, 0.15) is 36.3 Å². The summed E-state index contributed by atoms with van der Waals surface area (Å²) in [5.41, 5.74) is 0.845. The summed E-state index contributed by atoms with van der Waals surface area (Å²) in [4.78, 5) is 26.1. The van der Waals surface area contributed by atoms with Crippen molar-refractivity contribution < 1.29 is 9.53 Å². The van der Waals surface area contributed by atoms with E-state index in [2.05, 4.69) is 24.1 Å². The molecular formula is C15H22N2O3. The summed E-state index contributed by atoms with van der Waals surface area (Å²) >= 11 is 0. The first-order valence-electron chi connectivity index (χ1n) is 7.08. The molecule has 0 radical (unpaired) electrons. The van der Waals surface area contributed by atoms with Gasteiger partial charge in [-0.3, -0.25) is 9.59 Å². The second-order valence-corrected chi connectivity index (χ2v) is 5.75. The Hall–Kier alpha value is -1.62. The van der Waals surface area contributed by atoms with Gasteiger partial charge in [-0.1, -0.05) is 13.8 Å². The fourth-order valence-electron chi connectivity index (χ4n) is 2.75. The zero-order valence-electron chi connectivity index (χ0n) is 12.2. The Morgan fingerprint density at radius 1 is 1.50 bits per heavy atom. The van der Waals surface area contributed by atoms with Crippen LogP contribution < -0.4 is 10.9 Å². The van der Waals surface area contributed by atoms with Crippen LogP contribution in [0, 0.1) is 18.8 Å². The normalized spacial score (nSPS) is 22.2.